The molecular weight excluding hydrogens is 192 g/mol. The quantitative estimate of drug-likeness (QED) is 0.805. The molecule has 4 nitrogen and oxygen atoms in total. The highest BCUT2D eigenvalue weighted by atomic mass is 16.7. The maximum atomic E-state index is 5.83. The number of rotatable bonds is 3. The van der Waals surface area contributed by atoms with Crippen LogP contribution in [0.25, 0.3) is 0 Å². The van der Waals surface area contributed by atoms with Gasteiger partial charge >= 0.3 is 0 Å². The van der Waals surface area contributed by atoms with Crippen LogP contribution >= 0.6 is 0 Å². The van der Waals surface area contributed by atoms with E-state index in [-0.39, 0.29) is 6.10 Å². The van der Waals surface area contributed by atoms with Crippen LogP contribution in [0.4, 0.5) is 0 Å². The zero-order valence-electron chi connectivity index (χ0n) is 8.85. The second kappa shape index (κ2) is 4.26. The van der Waals surface area contributed by atoms with Crippen molar-refractivity contribution in [2.75, 3.05) is 13.2 Å². The molecule has 1 aromatic heterocycles. The van der Waals surface area contributed by atoms with Crippen molar-refractivity contribution in [2.24, 2.45) is 5.73 Å². The van der Waals surface area contributed by atoms with Gasteiger partial charge in [-0.05, 0) is 26.0 Å². The SMILES string of the molecule is CC1(c2cccnc2)OCC(CCN)O1. The zero-order valence-corrected chi connectivity index (χ0v) is 8.85. The van der Waals surface area contributed by atoms with Crippen LogP contribution in [-0.2, 0) is 15.3 Å². The number of ether oxygens (including phenoxy) is 2. The first-order valence-electron chi connectivity index (χ1n) is 5.17. The van der Waals surface area contributed by atoms with E-state index in [2.05, 4.69) is 4.98 Å². The van der Waals surface area contributed by atoms with Crippen LogP contribution in [0.1, 0.15) is 18.9 Å². The lowest BCUT2D eigenvalue weighted by atomic mass is 10.1. The lowest BCUT2D eigenvalue weighted by Crippen LogP contribution is -2.24. The van der Waals surface area contributed by atoms with E-state index >= 15 is 0 Å². The van der Waals surface area contributed by atoms with Crippen LogP contribution in [0, 0.1) is 0 Å². The van der Waals surface area contributed by atoms with Crippen molar-refractivity contribution in [1.29, 1.82) is 0 Å². The summed E-state index contributed by atoms with van der Waals surface area (Å²) in [5.74, 6) is -0.659. The number of nitrogens with zero attached hydrogens (tertiary/aromatic N) is 1. The summed E-state index contributed by atoms with van der Waals surface area (Å²) < 4.78 is 11.5. The van der Waals surface area contributed by atoms with Crippen molar-refractivity contribution in [3.63, 3.8) is 0 Å². The third-order valence-corrected chi connectivity index (χ3v) is 2.61. The maximum absolute atomic E-state index is 5.83. The third-order valence-electron chi connectivity index (χ3n) is 2.61. The predicted molar refractivity (Wildman–Crippen MR) is 56.1 cm³/mol. The molecule has 15 heavy (non-hydrogen) atoms. The van der Waals surface area contributed by atoms with Crippen LogP contribution in [0.5, 0.6) is 0 Å². The molecule has 2 rings (SSSR count). The van der Waals surface area contributed by atoms with Crippen molar-refractivity contribution >= 4 is 0 Å². The van der Waals surface area contributed by atoms with E-state index in [1.807, 2.05) is 19.1 Å². The summed E-state index contributed by atoms with van der Waals surface area (Å²) in [5, 5.41) is 0. The van der Waals surface area contributed by atoms with E-state index in [4.69, 9.17) is 15.2 Å². The molecule has 4 heteroatoms. The summed E-state index contributed by atoms with van der Waals surface area (Å²) in [7, 11) is 0. The Balaban J connectivity index is 2.10. The second-order valence-electron chi connectivity index (χ2n) is 3.82. The summed E-state index contributed by atoms with van der Waals surface area (Å²) in [6.07, 6.45) is 4.43. The minimum Gasteiger partial charge on any atom is -0.343 e. The zero-order chi connectivity index (χ0) is 10.7. The molecule has 2 atom stereocenters. The highest BCUT2D eigenvalue weighted by molar-refractivity contribution is 5.15. The molecule has 1 saturated heterocycles. The van der Waals surface area contributed by atoms with Crippen molar-refractivity contribution in [3.8, 4) is 0 Å². The number of hydrogen-bond acceptors (Lipinski definition) is 4. The van der Waals surface area contributed by atoms with Gasteiger partial charge in [0.1, 0.15) is 0 Å². The Kier molecular flexibility index (Phi) is 3.00. The largest absolute Gasteiger partial charge is 0.343 e. The molecule has 82 valence electrons. The molecule has 1 fully saturated rings. The molecule has 0 aromatic carbocycles. The smallest absolute Gasteiger partial charge is 0.193 e. The summed E-state index contributed by atoms with van der Waals surface area (Å²) >= 11 is 0. The van der Waals surface area contributed by atoms with Crippen molar-refractivity contribution < 1.29 is 9.47 Å². The number of pyridine rings is 1. The highest BCUT2D eigenvalue weighted by Crippen LogP contribution is 2.33. The maximum Gasteiger partial charge on any atom is 0.193 e. The van der Waals surface area contributed by atoms with E-state index in [9.17, 15) is 0 Å². The molecule has 0 spiro atoms. The van der Waals surface area contributed by atoms with Crippen LogP contribution in [0.2, 0.25) is 0 Å². The Morgan fingerprint density at radius 2 is 2.53 bits per heavy atom. The molecule has 0 amide bonds. The molecule has 1 aliphatic heterocycles. The minimum atomic E-state index is -0.659. The van der Waals surface area contributed by atoms with Crippen LogP contribution in [0.15, 0.2) is 24.5 Å². The average Bonchev–Trinajstić information content (AvgIpc) is 2.64. The average molecular weight is 208 g/mol. The van der Waals surface area contributed by atoms with Gasteiger partial charge in [0, 0.05) is 18.0 Å². The molecular formula is C11H16N2O2. The molecule has 1 aliphatic rings. The van der Waals surface area contributed by atoms with Crippen LogP contribution in [0.3, 0.4) is 0 Å². The van der Waals surface area contributed by atoms with Gasteiger partial charge in [0.15, 0.2) is 5.79 Å². The van der Waals surface area contributed by atoms with E-state index in [1.165, 1.54) is 0 Å². The monoisotopic (exact) mass is 208 g/mol. The van der Waals surface area contributed by atoms with Gasteiger partial charge < -0.3 is 15.2 Å². The van der Waals surface area contributed by atoms with E-state index < -0.39 is 5.79 Å². The Morgan fingerprint density at radius 3 is 3.20 bits per heavy atom. The second-order valence-corrected chi connectivity index (χ2v) is 3.82. The van der Waals surface area contributed by atoms with Gasteiger partial charge in [-0.15, -0.1) is 0 Å². The van der Waals surface area contributed by atoms with E-state index in [0.29, 0.717) is 13.2 Å². The summed E-state index contributed by atoms with van der Waals surface area (Å²) in [6, 6.07) is 3.83. The molecule has 0 saturated carbocycles. The fourth-order valence-corrected chi connectivity index (χ4v) is 1.75. The first kappa shape index (κ1) is 10.5. The van der Waals surface area contributed by atoms with Gasteiger partial charge in [0.25, 0.3) is 0 Å². The Bertz CT molecular complexity index is 318. The fourth-order valence-electron chi connectivity index (χ4n) is 1.75. The predicted octanol–water partition coefficient (Wildman–Crippen LogP) is 1.02. The van der Waals surface area contributed by atoms with E-state index in [1.54, 1.807) is 12.4 Å². The summed E-state index contributed by atoms with van der Waals surface area (Å²) in [5.41, 5.74) is 6.44. The van der Waals surface area contributed by atoms with Gasteiger partial charge in [0.05, 0.1) is 12.7 Å². The molecule has 0 radical (unpaired) electrons. The van der Waals surface area contributed by atoms with Crippen LogP contribution < -0.4 is 5.73 Å². The lowest BCUT2D eigenvalue weighted by Gasteiger charge is -2.23. The normalized spacial score (nSPS) is 30.7. The summed E-state index contributed by atoms with van der Waals surface area (Å²) in [6.45, 7) is 3.14. The van der Waals surface area contributed by atoms with Gasteiger partial charge in [-0.1, -0.05) is 6.07 Å². The molecule has 2 N–H and O–H groups in total. The Labute approximate surface area is 89.4 Å². The van der Waals surface area contributed by atoms with Crippen molar-refractivity contribution in [1.82, 2.24) is 4.98 Å². The van der Waals surface area contributed by atoms with Gasteiger partial charge in [-0.2, -0.15) is 0 Å². The molecule has 2 unspecified atom stereocenters. The fraction of sp³-hybridized carbons (Fsp3) is 0.545. The molecule has 1 aromatic rings. The number of hydrogen-bond donors (Lipinski definition) is 1. The number of nitrogens with two attached hydrogens (primary N) is 1. The summed E-state index contributed by atoms with van der Waals surface area (Å²) in [4.78, 5) is 4.06. The highest BCUT2D eigenvalue weighted by Gasteiger charge is 2.38. The van der Waals surface area contributed by atoms with Gasteiger partial charge in [-0.3, -0.25) is 4.98 Å². The standard InChI is InChI=1S/C11H16N2O2/c1-11(9-3-2-6-13-7-9)14-8-10(15-11)4-5-12/h2-3,6-7,10H,4-5,8,12H2,1H3. The van der Waals surface area contributed by atoms with Crippen molar-refractivity contribution in [3.05, 3.63) is 30.1 Å². The van der Waals surface area contributed by atoms with Crippen molar-refractivity contribution in [2.45, 2.75) is 25.2 Å². The minimum absolute atomic E-state index is 0.0974. The van der Waals surface area contributed by atoms with Gasteiger partial charge in [0.2, 0.25) is 0 Å². The Hall–Kier alpha value is -0.970. The Morgan fingerprint density at radius 1 is 1.67 bits per heavy atom. The molecule has 0 bridgehead atoms. The lowest BCUT2D eigenvalue weighted by molar-refractivity contribution is -0.162. The number of aromatic nitrogens is 1. The van der Waals surface area contributed by atoms with E-state index in [0.717, 1.165) is 12.0 Å². The third kappa shape index (κ3) is 2.17. The molecule has 2 heterocycles. The van der Waals surface area contributed by atoms with Crippen LogP contribution in [-0.4, -0.2) is 24.2 Å². The first-order valence-corrected chi connectivity index (χ1v) is 5.17. The van der Waals surface area contributed by atoms with Gasteiger partial charge in [-0.25, -0.2) is 0 Å². The topological polar surface area (TPSA) is 57.4 Å². The first-order chi connectivity index (χ1) is 7.24. The molecule has 0 aliphatic carbocycles.